The van der Waals surface area contributed by atoms with Crippen molar-refractivity contribution < 1.29 is 40.2 Å². The van der Waals surface area contributed by atoms with Gasteiger partial charge in [0.2, 0.25) is 5.69 Å². The number of halogens is 7. The number of benzene rings is 2. The minimum atomic E-state index is -4.98. The molecule has 0 fully saturated rings. The van der Waals surface area contributed by atoms with Crippen molar-refractivity contribution in [2.75, 3.05) is 0 Å². The van der Waals surface area contributed by atoms with E-state index in [9.17, 15) is 35.9 Å². The van der Waals surface area contributed by atoms with E-state index in [0.717, 1.165) is 5.56 Å². The minimum Gasteiger partial charge on any atom is -0.618 e. The molecule has 10 heteroatoms. The smallest absolute Gasteiger partial charge is 0.416 e. The summed E-state index contributed by atoms with van der Waals surface area (Å²) in [5.41, 5.74) is -1.52. The number of fused-ring (bicyclic) bond motifs is 1. The number of pyridine rings is 1. The molecule has 1 aliphatic carbocycles. The Morgan fingerprint density at radius 2 is 1.54 bits per heavy atom. The van der Waals surface area contributed by atoms with Gasteiger partial charge in [-0.1, -0.05) is 12.1 Å². The van der Waals surface area contributed by atoms with Gasteiger partial charge in [-0.3, -0.25) is 0 Å². The molecular weight excluding hydrogens is 479 g/mol. The van der Waals surface area contributed by atoms with Gasteiger partial charge in [0.15, 0.2) is 6.20 Å². The second kappa shape index (κ2) is 9.14. The molecule has 0 saturated carbocycles. The Balaban J connectivity index is 1.73. The quantitative estimate of drug-likeness (QED) is 0.227. The monoisotopic (exact) mass is 499 g/mol. The SMILES string of the molecule is C[C@H](O[C@H]1CCc2ccc[n+]([O-])c2[C@@H]1c1ccc(F)cc1)c1cc(C(F)(F)F)cc(C(F)(F)F)c1. The van der Waals surface area contributed by atoms with Crippen LogP contribution in [-0.2, 0) is 23.5 Å². The summed E-state index contributed by atoms with van der Waals surface area (Å²) in [5, 5.41) is 12.7. The zero-order valence-electron chi connectivity index (χ0n) is 18.3. The molecule has 1 heterocycles. The molecule has 3 nitrogen and oxygen atoms in total. The lowest BCUT2D eigenvalue weighted by Crippen LogP contribution is -2.42. The van der Waals surface area contributed by atoms with Crippen LogP contribution in [-0.4, -0.2) is 6.10 Å². The maximum atomic E-state index is 13.5. The molecule has 186 valence electrons. The lowest BCUT2D eigenvalue weighted by molar-refractivity contribution is -0.616. The molecule has 1 aromatic heterocycles. The molecule has 1 aliphatic rings. The largest absolute Gasteiger partial charge is 0.618 e. The van der Waals surface area contributed by atoms with Gasteiger partial charge in [-0.25, -0.2) is 4.39 Å². The van der Waals surface area contributed by atoms with Crippen LogP contribution in [0.4, 0.5) is 30.7 Å². The number of aromatic nitrogens is 1. The summed E-state index contributed by atoms with van der Waals surface area (Å²) in [7, 11) is 0. The second-order valence-electron chi connectivity index (χ2n) is 8.47. The molecule has 35 heavy (non-hydrogen) atoms. The maximum Gasteiger partial charge on any atom is 0.416 e. The Bertz CT molecular complexity index is 1170. The lowest BCUT2D eigenvalue weighted by atomic mass is 9.79. The third-order valence-corrected chi connectivity index (χ3v) is 6.14. The second-order valence-corrected chi connectivity index (χ2v) is 8.47. The number of nitrogens with zero attached hydrogens (tertiary/aromatic N) is 1. The van der Waals surface area contributed by atoms with E-state index in [4.69, 9.17) is 4.74 Å². The zero-order chi connectivity index (χ0) is 25.5. The molecule has 2 aromatic carbocycles. The molecule has 4 rings (SSSR count). The molecule has 0 spiro atoms. The predicted octanol–water partition coefficient (Wildman–Crippen LogP) is 6.72. The molecule has 0 saturated heterocycles. The van der Waals surface area contributed by atoms with Crippen LogP contribution in [0.5, 0.6) is 0 Å². The Morgan fingerprint density at radius 3 is 2.11 bits per heavy atom. The minimum absolute atomic E-state index is 0.0642. The first kappa shape index (κ1) is 25.0. The third-order valence-electron chi connectivity index (χ3n) is 6.14. The van der Waals surface area contributed by atoms with Gasteiger partial charge in [-0.2, -0.15) is 31.1 Å². The molecule has 0 aliphatic heterocycles. The van der Waals surface area contributed by atoms with Crippen LogP contribution < -0.4 is 4.73 Å². The van der Waals surface area contributed by atoms with Crippen LogP contribution in [0.3, 0.4) is 0 Å². The van der Waals surface area contributed by atoms with Crippen molar-refractivity contribution in [1.29, 1.82) is 0 Å². The zero-order valence-corrected chi connectivity index (χ0v) is 18.3. The van der Waals surface area contributed by atoms with E-state index < -0.39 is 47.4 Å². The third kappa shape index (κ3) is 5.27. The standard InChI is InChI=1S/C25H20F7NO2/c1-14(17-11-18(24(27,28)29)13-19(12-17)25(30,31)32)35-21-9-6-16-3-2-10-33(34)23(16)22(21)15-4-7-20(26)8-5-15/h2-5,7-8,10-14,21-22H,6,9H2,1H3/t14-,21-,22+/m0/s1. The molecule has 0 bridgehead atoms. The van der Waals surface area contributed by atoms with Crippen molar-refractivity contribution in [2.45, 2.75) is 50.2 Å². The molecule has 0 amide bonds. The van der Waals surface area contributed by atoms with Gasteiger partial charge in [0.1, 0.15) is 5.82 Å². The highest BCUT2D eigenvalue weighted by molar-refractivity contribution is 5.37. The van der Waals surface area contributed by atoms with E-state index in [1.165, 1.54) is 37.4 Å². The van der Waals surface area contributed by atoms with Gasteiger partial charge in [-0.15, -0.1) is 0 Å². The van der Waals surface area contributed by atoms with Crippen molar-refractivity contribution in [1.82, 2.24) is 0 Å². The van der Waals surface area contributed by atoms with Crippen LogP contribution in [0.25, 0.3) is 0 Å². The normalized spacial score (nSPS) is 19.3. The first-order chi connectivity index (χ1) is 16.3. The summed E-state index contributed by atoms with van der Waals surface area (Å²) < 4.78 is 100. The van der Waals surface area contributed by atoms with Crippen LogP contribution in [0.1, 0.15) is 58.9 Å². The Morgan fingerprint density at radius 1 is 0.943 bits per heavy atom. The average molecular weight is 499 g/mol. The van der Waals surface area contributed by atoms with E-state index in [-0.39, 0.29) is 11.6 Å². The van der Waals surface area contributed by atoms with Crippen LogP contribution >= 0.6 is 0 Å². The van der Waals surface area contributed by atoms with Gasteiger partial charge >= 0.3 is 12.4 Å². The van der Waals surface area contributed by atoms with Gasteiger partial charge in [0.25, 0.3) is 0 Å². The van der Waals surface area contributed by atoms with E-state index in [1.807, 2.05) is 0 Å². The van der Waals surface area contributed by atoms with E-state index in [2.05, 4.69) is 0 Å². The molecule has 3 aromatic rings. The van der Waals surface area contributed by atoms with Crippen LogP contribution in [0.2, 0.25) is 0 Å². The number of alkyl halides is 6. The van der Waals surface area contributed by atoms with Crippen molar-refractivity contribution in [3.05, 3.63) is 105 Å². The lowest BCUT2D eigenvalue weighted by Gasteiger charge is -2.34. The highest BCUT2D eigenvalue weighted by Crippen LogP contribution is 2.41. The summed E-state index contributed by atoms with van der Waals surface area (Å²) >= 11 is 0. The molecule has 0 N–H and O–H groups in total. The Kier molecular flexibility index (Phi) is 6.52. The fourth-order valence-electron chi connectivity index (χ4n) is 4.48. The summed E-state index contributed by atoms with van der Waals surface area (Å²) in [5.74, 6) is -1.20. The summed E-state index contributed by atoms with van der Waals surface area (Å²) in [6.07, 6.45) is -9.80. The summed E-state index contributed by atoms with van der Waals surface area (Å²) in [4.78, 5) is 0. The van der Waals surface area contributed by atoms with Gasteiger partial charge in [0, 0.05) is 11.6 Å². The number of rotatable bonds is 4. The molecular formula is C25H20F7NO2. The summed E-state index contributed by atoms with van der Waals surface area (Å²) in [6, 6.07) is 10.1. The van der Waals surface area contributed by atoms with E-state index >= 15 is 0 Å². The number of hydrogen-bond donors (Lipinski definition) is 0. The topological polar surface area (TPSA) is 36.2 Å². The van der Waals surface area contributed by atoms with E-state index in [1.54, 1.807) is 12.1 Å². The number of ether oxygens (including phenoxy) is 1. The summed E-state index contributed by atoms with van der Waals surface area (Å²) in [6.45, 7) is 1.36. The number of hydrogen-bond acceptors (Lipinski definition) is 2. The van der Waals surface area contributed by atoms with Gasteiger partial charge < -0.3 is 9.94 Å². The van der Waals surface area contributed by atoms with Gasteiger partial charge in [-0.05, 0) is 67.3 Å². The first-order valence-corrected chi connectivity index (χ1v) is 10.8. The predicted molar refractivity (Wildman–Crippen MR) is 112 cm³/mol. The highest BCUT2D eigenvalue weighted by Gasteiger charge is 2.40. The fourth-order valence-corrected chi connectivity index (χ4v) is 4.48. The van der Waals surface area contributed by atoms with Crippen LogP contribution in [0, 0.1) is 11.0 Å². The van der Waals surface area contributed by atoms with Crippen molar-refractivity contribution in [3.8, 4) is 0 Å². The van der Waals surface area contributed by atoms with Crippen LogP contribution in [0.15, 0.2) is 60.8 Å². The van der Waals surface area contributed by atoms with Crippen molar-refractivity contribution >= 4 is 0 Å². The number of aryl methyl sites for hydroxylation is 1. The molecule has 3 atom stereocenters. The molecule has 0 radical (unpaired) electrons. The van der Waals surface area contributed by atoms with E-state index in [0.29, 0.717) is 41.0 Å². The highest BCUT2D eigenvalue weighted by atomic mass is 19.4. The average Bonchev–Trinajstić information content (AvgIpc) is 2.78. The Labute approximate surface area is 196 Å². The maximum absolute atomic E-state index is 13.5. The fraction of sp³-hybridized carbons (Fsp3) is 0.320. The van der Waals surface area contributed by atoms with Crippen molar-refractivity contribution in [3.63, 3.8) is 0 Å². The first-order valence-electron chi connectivity index (χ1n) is 10.8. The Hall–Kier alpha value is -3.14. The molecule has 0 unspecified atom stereocenters. The van der Waals surface area contributed by atoms with Crippen molar-refractivity contribution in [2.24, 2.45) is 0 Å². The van der Waals surface area contributed by atoms with Gasteiger partial charge in [0.05, 0.1) is 29.3 Å².